The molecule has 1 aliphatic rings. The summed E-state index contributed by atoms with van der Waals surface area (Å²) < 4.78 is 13.3. The van der Waals surface area contributed by atoms with Crippen molar-refractivity contribution >= 4 is 34.2 Å². The van der Waals surface area contributed by atoms with E-state index in [0.717, 1.165) is 37.9 Å². The average molecular weight is 560 g/mol. The fourth-order valence-corrected chi connectivity index (χ4v) is 6.56. The Morgan fingerprint density at radius 3 is 2.38 bits per heavy atom. The number of nitrogens with one attached hydrogen (secondary N) is 2. The zero-order valence-corrected chi connectivity index (χ0v) is 25.0. The molecule has 1 fully saturated rings. The maximum absolute atomic E-state index is 13.3. The Morgan fingerprint density at radius 2 is 1.79 bits per heavy atom. The van der Waals surface area contributed by atoms with Crippen LogP contribution < -0.4 is 10.6 Å². The number of anilines is 1. The third-order valence-electron chi connectivity index (χ3n) is 7.50. The molecule has 1 unspecified atom stereocenters. The first kappa shape index (κ1) is 30.7. The van der Waals surface area contributed by atoms with Crippen molar-refractivity contribution in [3.05, 3.63) is 46.2 Å². The molecule has 0 aliphatic heterocycles. The van der Waals surface area contributed by atoms with Crippen LogP contribution in [0.4, 0.5) is 14.3 Å². The lowest BCUT2D eigenvalue weighted by Crippen LogP contribution is -2.53. The number of halogens is 1. The monoisotopic (exact) mass is 559 g/mol. The zero-order chi connectivity index (χ0) is 28.9. The lowest BCUT2D eigenvalue weighted by atomic mass is 9.80. The van der Waals surface area contributed by atoms with Gasteiger partial charge in [0.05, 0.1) is 10.6 Å². The van der Waals surface area contributed by atoms with Crippen LogP contribution in [-0.4, -0.2) is 71.8 Å². The molecule has 2 N–H and O–H groups in total. The summed E-state index contributed by atoms with van der Waals surface area (Å²) in [6.45, 7) is 10.8. The van der Waals surface area contributed by atoms with Crippen LogP contribution in [0.5, 0.6) is 0 Å². The number of benzene rings is 1. The Morgan fingerprint density at radius 1 is 1.13 bits per heavy atom. The van der Waals surface area contributed by atoms with Gasteiger partial charge in [0.2, 0.25) is 5.91 Å². The summed E-state index contributed by atoms with van der Waals surface area (Å²) in [4.78, 5) is 45.8. The molecule has 1 heterocycles. The van der Waals surface area contributed by atoms with Crippen molar-refractivity contribution in [2.45, 2.75) is 72.4 Å². The van der Waals surface area contributed by atoms with Crippen molar-refractivity contribution in [1.29, 1.82) is 0 Å². The smallest absolute Gasteiger partial charge is 0.321 e. The van der Waals surface area contributed by atoms with E-state index in [-0.39, 0.29) is 47.0 Å². The van der Waals surface area contributed by atoms with Gasteiger partial charge in [0.1, 0.15) is 5.82 Å². The number of aromatic nitrogens is 1. The molecule has 1 aliphatic carbocycles. The van der Waals surface area contributed by atoms with E-state index in [9.17, 15) is 18.8 Å². The summed E-state index contributed by atoms with van der Waals surface area (Å²) in [7, 11) is 3.91. The third kappa shape index (κ3) is 8.83. The van der Waals surface area contributed by atoms with Crippen molar-refractivity contribution < 1.29 is 18.8 Å². The molecule has 3 amide bonds. The Balaban J connectivity index is 1.67. The number of ketones is 1. The number of carbonyl (C=O) groups is 3. The van der Waals surface area contributed by atoms with Crippen molar-refractivity contribution in [2.75, 3.05) is 32.5 Å². The Bertz CT molecular complexity index is 1170. The minimum absolute atomic E-state index is 0.0105. The second-order valence-electron chi connectivity index (χ2n) is 11.7. The van der Waals surface area contributed by atoms with E-state index in [4.69, 9.17) is 0 Å². The fraction of sp³-hybridized carbons (Fsp3) is 0.586. The van der Waals surface area contributed by atoms with Crippen LogP contribution in [0.25, 0.3) is 0 Å². The van der Waals surface area contributed by atoms with Gasteiger partial charge in [0, 0.05) is 46.1 Å². The largest absolute Gasteiger partial charge is 0.343 e. The molecule has 3 rings (SSSR count). The standard InChI is InChI=1S/C29H42FN5O3S/c1-18-26(19(2)36)39-28(31-18)33-27(38)32-25-14-24(35(7)20(3)37)13-10-22(25)16-34(6)17-29(4,5)15-21-8-11-23(30)12-9-21/h8-9,11-12,22,24-25H,10,13-17H2,1-7H3,(H2,31,32,33,38)/t22-,24?,25+/m0/s1. The number of carbonyl (C=O) groups excluding carboxylic acids is 3. The van der Waals surface area contributed by atoms with Gasteiger partial charge in [-0.15, -0.1) is 0 Å². The van der Waals surface area contributed by atoms with E-state index in [2.05, 4.69) is 41.4 Å². The Labute approximate surface area is 235 Å². The lowest BCUT2D eigenvalue weighted by molar-refractivity contribution is -0.130. The molecule has 0 saturated heterocycles. The molecule has 0 spiro atoms. The maximum atomic E-state index is 13.3. The second kappa shape index (κ2) is 13.0. The highest BCUT2D eigenvalue weighted by molar-refractivity contribution is 7.17. The van der Waals surface area contributed by atoms with Crippen LogP contribution in [0.1, 0.15) is 67.9 Å². The third-order valence-corrected chi connectivity index (χ3v) is 8.68. The van der Waals surface area contributed by atoms with Crippen LogP contribution in [-0.2, 0) is 11.2 Å². The highest BCUT2D eigenvalue weighted by atomic mass is 32.1. The molecule has 8 nitrogen and oxygen atoms in total. The highest BCUT2D eigenvalue weighted by Gasteiger charge is 2.35. The van der Waals surface area contributed by atoms with Crippen molar-refractivity contribution in [1.82, 2.24) is 20.1 Å². The van der Waals surface area contributed by atoms with Gasteiger partial charge in [0.25, 0.3) is 0 Å². The lowest BCUT2D eigenvalue weighted by Gasteiger charge is -2.42. The first-order chi connectivity index (χ1) is 18.2. The molecule has 214 valence electrons. The predicted octanol–water partition coefficient (Wildman–Crippen LogP) is 5.13. The first-order valence-corrected chi connectivity index (χ1v) is 14.3. The van der Waals surface area contributed by atoms with Crippen LogP contribution in [0, 0.1) is 24.1 Å². The van der Waals surface area contributed by atoms with Gasteiger partial charge in [-0.3, -0.25) is 14.9 Å². The van der Waals surface area contributed by atoms with Crippen LogP contribution in [0.3, 0.4) is 0 Å². The summed E-state index contributed by atoms with van der Waals surface area (Å²) in [6.07, 6.45) is 3.24. The van der Waals surface area contributed by atoms with E-state index in [1.165, 1.54) is 30.4 Å². The number of Topliss-reactive ketones (excluding diaryl/α,β-unsaturated/α-hetero) is 1. The summed E-state index contributed by atoms with van der Waals surface area (Å²) >= 11 is 1.17. The summed E-state index contributed by atoms with van der Waals surface area (Å²) in [5, 5.41) is 6.33. The molecule has 2 aromatic rings. The zero-order valence-electron chi connectivity index (χ0n) is 24.1. The molecular weight excluding hydrogens is 517 g/mol. The highest BCUT2D eigenvalue weighted by Crippen LogP contribution is 2.30. The molecular formula is C29H42FN5O3S. The van der Waals surface area contributed by atoms with Gasteiger partial charge >= 0.3 is 6.03 Å². The van der Waals surface area contributed by atoms with Gasteiger partial charge in [-0.05, 0) is 68.7 Å². The number of hydrogen-bond acceptors (Lipinski definition) is 6. The van der Waals surface area contributed by atoms with Gasteiger partial charge in [-0.25, -0.2) is 14.2 Å². The predicted molar refractivity (Wildman–Crippen MR) is 154 cm³/mol. The number of amides is 3. The second-order valence-corrected chi connectivity index (χ2v) is 12.7. The first-order valence-electron chi connectivity index (χ1n) is 13.5. The Hall–Kier alpha value is -2.85. The van der Waals surface area contributed by atoms with E-state index in [1.807, 2.05) is 19.2 Å². The molecule has 1 aromatic carbocycles. The van der Waals surface area contributed by atoms with E-state index >= 15 is 0 Å². The summed E-state index contributed by atoms with van der Waals surface area (Å²) in [6, 6.07) is 6.23. The van der Waals surface area contributed by atoms with Crippen LogP contribution >= 0.6 is 11.3 Å². The summed E-state index contributed by atoms with van der Waals surface area (Å²) in [5.74, 6) is -0.0982. The normalized spacial score (nSPS) is 19.6. The molecule has 1 saturated carbocycles. The van der Waals surface area contributed by atoms with Gasteiger partial charge in [-0.1, -0.05) is 37.3 Å². The van der Waals surface area contributed by atoms with Gasteiger partial charge in [0.15, 0.2) is 10.9 Å². The molecule has 39 heavy (non-hydrogen) atoms. The average Bonchev–Trinajstić information content (AvgIpc) is 3.20. The molecule has 3 atom stereocenters. The van der Waals surface area contributed by atoms with Crippen LogP contribution in [0.15, 0.2) is 24.3 Å². The van der Waals surface area contributed by atoms with Gasteiger partial charge in [-0.2, -0.15) is 0 Å². The topological polar surface area (TPSA) is 94.6 Å². The minimum Gasteiger partial charge on any atom is -0.343 e. The number of aryl methyl sites for hydroxylation is 1. The van der Waals surface area contributed by atoms with Crippen molar-refractivity contribution in [2.24, 2.45) is 11.3 Å². The van der Waals surface area contributed by atoms with E-state index in [0.29, 0.717) is 22.1 Å². The van der Waals surface area contributed by atoms with E-state index < -0.39 is 0 Å². The van der Waals surface area contributed by atoms with Crippen LogP contribution in [0.2, 0.25) is 0 Å². The number of hydrogen-bond donors (Lipinski definition) is 2. The Kier molecular flexibility index (Phi) is 10.2. The van der Waals surface area contributed by atoms with Gasteiger partial charge < -0.3 is 15.1 Å². The maximum Gasteiger partial charge on any atom is 0.321 e. The number of rotatable bonds is 10. The number of urea groups is 1. The molecule has 10 heteroatoms. The molecule has 1 aromatic heterocycles. The SMILES string of the molecule is CC(=O)c1sc(NC(=O)N[C@@H]2CC(N(C)C(C)=O)CC[C@H]2CN(C)CC(C)(C)Cc2ccc(F)cc2)nc1C. The minimum atomic E-state index is -0.362. The molecule has 0 radical (unpaired) electrons. The summed E-state index contributed by atoms with van der Waals surface area (Å²) in [5.41, 5.74) is 1.67. The fourth-order valence-electron chi connectivity index (χ4n) is 5.70. The number of thiazole rings is 1. The van der Waals surface area contributed by atoms with Crippen molar-refractivity contribution in [3.8, 4) is 0 Å². The molecule has 0 bridgehead atoms. The van der Waals surface area contributed by atoms with E-state index in [1.54, 1.807) is 18.7 Å². The van der Waals surface area contributed by atoms with Crippen molar-refractivity contribution in [3.63, 3.8) is 0 Å². The number of nitrogens with zero attached hydrogens (tertiary/aromatic N) is 3. The quantitative estimate of drug-likeness (QED) is 0.394.